The lowest BCUT2D eigenvalue weighted by molar-refractivity contribution is 1.24. The van der Waals surface area contributed by atoms with Crippen LogP contribution in [-0.2, 0) is 0 Å². The van der Waals surface area contributed by atoms with Gasteiger partial charge in [0.1, 0.15) is 0 Å². The van der Waals surface area contributed by atoms with E-state index in [2.05, 4.69) is 6.58 Å². The lowest BCUT2D eigenvalue weighted by Crippen LogP contribution is -1.98. The molecule has 0 fully saturated rings. The van der Waals surface area contributed by atoms with E-state index in [1.807, 2.05) is 12.3 Å². The number of nitrogens with two attached hydrogens (primary N) is 2. The van der Waals surface area contributed by atoms with Gasteiger partial charge < -0.3 is 11.5 Å². The molecule has 0 radical (unpaired) electrons. The van der Waals surface area contributed by atoms with E-state index in [4.69, 9.17) is 11.5 Å². The highest BCUT2D eigenvalue weighted by atomic mass is 32.2. The maximum absolute atomic E-state index is 5.35. The van der Waals surface area contributed by atoms with Gasteiger partial charge in [-0.15, -0.1) is 11.8 Å². The van der Waals surface area contributed by atoms with Crippen LogP contribution in [0.2, 0.25) is 0 Å². The van der Waals surface area contributed by atoms with Crippen LogP contribution in [0.3, 0.4) is 0 Å². The van der Waals surface area contributed by atoms with Crippen molar-refractivity contribution in [3.63, 3.8) is 0 Å². The molecule has 0 amide bonds. The number of thioether (sulfide) groups is 1. The van der Waals surface area contributed by atoms with Crippen molar-refractivity contribution in [3.8, 4) is 0 Å². The Morgan fingerprint density at radius 2 is 2.33 bits per heavy atom. The molecule has 0 atom stereocenters. The summed E-state index contributed by atoms with van der Waals surface area (Å²) in [6.45, 7) is 6.02. The molecule has 2 nitrogen and oxygen atoms in total. The van der Waals surface area contributed by atoms with Gasteiger partial charge in [0, 0.05) is 12.2 Å². The molecule has 0 aliphatic heterocycles. The van der Waals surface area contributed by atoms with Gasteiger partial charge in [0.15, 0.2) is 0 Å². The van der Waals surface area contributed by atoms with Crippen molar-refractivity contribution in [2.75, 3.05) is 6.54 Å². The molecule has 0 bridgehead atoms. The molecule has 0 aromatic rings. The first kappa shape index (κ1) is 8.59. The summed E-state index contributed by atoms with van der Waals surface area (Å²) in [6, 6.07) is 0. The van der Waals surface area contributed by atoms with Crippen LogP contribution in [0.5, 0.6) is 0 Å². The van der Waals surface area contributed by atoms with E-state index in [0.717, 1.165) is 10.6 Å². The molecule has 0 heterocycles. The Balaban J connectivity index is 3.50. The predicted molar refractivity (Wildman–Crippen MR) is 43.7 cm³/mol. The Bertz CT molecular complexity index is 125. The first-order chi connectivity index (χ1) is 4.16. The Labute approximate surface area is 60.0 Å². The standard InChI is InChI=1S/C6H12N2S/c1-5(8)4-9-6(2)3-7/h4H,2-3,7-8H2,1H3/b5-4-. The first-order valence-electron chi connectivity index (χ1n) is 2.63. The minimum atomic E-state index is 0.508. The quantitative estimate of drug-likeness (QED) is 0.621. The van der Waals surface area contributed by atoms with Gasteiger partial charge in [-0.2, -0.15) is 0 Å². The van der Waals surface area contributed by atoms with Crippen LogP contribution in [0, 0.1) is 0 Å². The Kier molecular flexibility index (Phi) is 4.26. The van der Waals surface area contributed by atoms with Gasteiger partial charge in [-0.3, -0.25) is 0 Å². The highest BCUT2D eigenvalue weighted by molar-refractivity contribution is 8.05. The molecule has 0 aliphatic carbocycles. The molecule has 0 aromatic carbocycles. The average Bonchev–Trinajstić information content (AvgIpc) is 1.83. The molecule has 9 heavy (non-hydrogen) atoms. The summed E-state index contributed by atoms with van der Waals surface area (Å²) in [6.07, 6.45) is 0. The highest BCUT2D eigenvalue weighted by Gasteiger charge is 1.85. The van der Waals surface area contributed by atoms with E-state index in [1.54, 1.807) is 0 Å². The van der Waals surface area contributed by atoms with E-state index in [-0.39, 0.29) is 0 Å². The second kappa shape index (κ2) is 4.47. The topological polar surface area (TPSA) is 52.0 Å². The van der Waals surface area contributed by atoms with Crippen LogP contribution < -0.4 is 11.5 Å². The van der Waals surface area contributed by atoms with Gasteiger partial charge >= 0.3 is 0 Å². The van der Waals surface area contributed by atoms with Gasteiger partial charge in [0.2, 0.25) is 0 Å². The third-order valence-electron chi connectivity index (χ3n) is 0.639. The van der Waals surface area contributed by atoms with Crippen molar-refractivity contribution in [1.82, 2.24) is 0 Å². The lowest BCUT2D eigenvalue weighted by Gasteiger charge is -1.94. The minimum absolute atomic E-state index is 0.508. The van der Waals surface area contributed by atoms with Crippen LogP contribution in [0.15, 0.2) is 22.6 Å². The first-order valence-corrected chi connectivity index (χ1v) is 3.51. The summed E-state index contributed by atoms with van der Waals surface area (Å²) in [7, 11) is 0. The molecular formula is C6H12N2S. The van der Waals surface area contributed by atoms with Gasteiger partial charge in [-0.05, 0) is 17.2 Å². The zero-order chi connectivity index (χ0) is 7.28. The molecule has 0 saturated carbocycles. The molecule has 0 aromatic heterocycles. The fourth-order valence-corrected chi connectivity index (χ4v) is 0.673. The normalized spacial score (nSPS) is 11.6. The fraction of sp³-hybridized carbons (Fsp3) is 0.333. The van der Waals surface area contributed by atoms with E-state index in [1.165, 1.54) is 11.8 Å². The third kappa shape index (κ3) is 5.46. The number of allylic oxidation sites excluding steroid dienone is 1. The van der Waals surface area contributed by atoms with E-state index < -0.39 is 0 Å². The van der Waals surface area contributed by atoms with Crippen LogP contribution in [0.4, 0.5) is 0 Å². The summed E-state index contributed by atoms with van der Waals surface area (Å²) in [4.78, 5) is 0.930. The van der Waals surface area contributed by atoms with Gasteiger partial charge in [0.05, 0.1) is 0 Å². The Hall–Kier alpha value is -0.410. The number of hydrogen-bond acceptors (Lipinski definition) is 3. The summed E-state index contributed by atoms with van der Waals surface area (Å²) in [5.74, 6) is 0. The SMILES string of the molecule is C=C(CN)S/C=C(/C)N. The second-order valence-electron chi connectivity index (χ2n) is 1.72. The highest BCUT2D eigenvalue weighted by Crippen LogP contribution is 2.13. The predicted octanol–water partition coefficient (Wildman–Crippen LogP) is 1.01. The minimum Gasteiger partial charge on any atom is -0.402 e. The molecule has 0 rings (SSSR count). The van der Waals surface area contributed by atoms with E-state index in [0.29, 0.717) is 6.54 Å². The summed E-state index contributed by atoms with van der Waals surface area (Å²) in [5.41, 5.74) is 11.4. The van der Waals surface area contributed by atoms with E-state index in [9.17, 15) is 0 Å². The van der Waals surface area contributed by atoms with Gasteiger partial charge in [-0.1, -0.05) is 6.58 Å². The molecule has 0 saturated heterocycles. The van der Waals surface area contributed by atoms with E-state index >= 15 is 0 Å². The van der Waals surface area contributed by atoms with Crippen LogP contribution >= 0.6 is 11.8 Å². The number of rotatable bonds is 3. The molecule has 0 spiro atoms. The van der Waals surface area contributed by atoms with Crippen molar-refractivity contribution in [3.05, 3.63) is 22.6 Å². The molecule has 52 valence electrons. The van der Waals surface area contributed by atoms with Gasteiger partial charge in [0.25, 0.3) is 0 Å². The average molecular weight is 144 g/mol. The van der Waals surface area contributed by atoms with Gasteiger partial charge in [-0.25, -0.2) is 0 Å². The van der Waals surface area contributed by atoms with Crippen LogP contribution in [0.1, 0.15) is 6.92 Å². The second-order valence-corrected chi connectivity index (χ2v) is 2.77. The fourth-order valence-electron chi connectivity index (χ4n) is 0.224. The maximum atomic E-state index is 5.35. The largest absolute Gasteiger partial charge is 0.402 e. The van der Waals surface area contributed by atoms with Crippen LogP contribution in [-0.4, -0.2) is 6.54 Å². The summed E-state index contributed by atoms with van der Waals surface area (Å²) in [5, 5.41) is 1.83. The van der Waals surface area contributed by atoms with Crippen molar-refractivity contribution in [2.45, 2.75) is 6.92 Å². The monoisotopic (exact) mass is 144 g/mol. The zero-order valence-corrected chi connectivity index (χ0v) is 6.37. The Morgan fingerprint density at radius 1 is 1.78 bits per heavy atom. The molecule has 0 aliphatic rings. The Morgan fingerprint density at radius 3 is 2.67 bits per heavy atom. The molecular weight excluding hydrogens is 132 g/mol. The van der Waals surface area contributed by atoms with Crippen molar-refractivity contribution >= 4 is 11.8 Å². The maximum Gasteiger partial charge on any atom is 0.0236 e. The molecule has 0 unspecified atom stereocenters. The third-order valence-corrected chi connectivity index (χ3v) is 1.63. The zero-order valence-electron chi connectivity index (χ0n) is 5.55. The number of hydrogen-bond donors (Lipinski definition) is 2. The van der Waals surface area contributed by atoms with Crippen molar-refractivity contribution in [1.29, 1.82) is 0 Å². The molecule has 3 heteroatoms. The summed E-state index contributed by atoms with van der Waals surface area (Å²) < 4.78 is 0. The van der Waals surface area contributed by atoms with Crippen molar-refractivity contribution < 1.29 is 0 Å². The smallest absolute Gasteiger partial charge is 0.0236 e. The van der Waals surface area contributed by atoms with Crippen LogP contribution in [0.25, 0.3) is 0 Å². The summed E-state index contributed by atoms with van der Waals surface area (Å²) >= 11 is 1.48. The lowest BCUT2D eigenvalue weighted by atomic mass is 10.6. The molecule has 4 N–H and O–H groups in total. The van der Waals surface area contributed by atoms with Crippen molar-refractivity contribution in [2.24, 2.45) is 11.5 Å².